The van der Waals surface area contributed by atoms with Crippen LogP contribution in [0.15, 0.2) is 90.0 Å². The third-order valence-electron chi connectivity index (χ3n) is 6.97. The molecule has 3 nitrogen and oxygen atoms in total. The van der Waals surface area contributed by atoms with Gasteiger partial charge in [0, 0.05) is 29.2 Å². The van der Waals surface area contributed by atoms with Crippen LogP contribution < -0.4 is 5.32 Å². The van der Waals surface area contributed by atoms with Crippen LogP contribution in [0.2, 0.25) is 0 Å². The molecule has 33 heavy (non-hydrogen) atoms. The van der Waals surface area contributed by atoms with Gasteiger partial charge in [0.15, 0.2) is 0 Å². The number of nitrogens with one attached hydrogen (secondary N) is 1. The number of nitrogens with zero attached hydrogens (tertiary/aromatic N) is 1. The predicted octanol–water partition coefficient (Wildman–Crippen LogP) is 6.94. The number of carbonyl (C=O) groups excluding carboxylic acids is 1. The normalized spacial score (nSPS) is 18.4. The van der Waals surface area contributed by atoms with E-state index in [1.807, 2.05) is 36.0 Å². The first-order chi connectivity index (χ1) is 16.0. The molecule has 1 unspecified atom stereocenters. The van der Waals surface area contributed by atoms with Crippen LogP contribution in [0.25, 0.3) is 0 Å². The molecule has 0 saturated heterocycles. The third-order valence-corrected chi connectivity index (χ3v) is 7.86. The summed E-state index contributed by atoms with van der Waals surface area (Å²) in [5.74, 6) is 1.43. The van der Waals surface area contributed by atoms with Gasteiger partial charge in [0.25, 0.3) is 0 Å². The molecule has 4 heteroatoms. The molecule has 2 aliphatic carbocycles. The van der Waals surface area contributed by atoms with Gasteiger partial charge in [-0.1, -0.05) is 62.1 Å². The number of hydrogen-bond acceptors (Lipinski definition) is 3. The number of thioether (sulfide) groups is 1. The van der Waals surface area contributed by atoms with E-state index in [-0.39, 0.29) is 11.4 Å². The van der Waals surface area contributed by atoms with E-state index >= 15 is 0 Å². The standard InChI is InChI=1S/C29H34N2OS/c1-4-33-27-17-11-23(12-18-27)21-28(32)30-26-15-13-25(14-16-26)29(19-8-20-29)31(3)22(2)24-9-6-5-7-10-24/h5-7,9,11-18,24H,2,4,8,10,19-21H2,1,3H3,(H,30,32). The minimum absolute atomic E-state index is 0.00682. The van der Waals surface area contributed by atoms with Crippen LogP contribution in [-0.2, 0) is 16.8 Å². The first-order valence-electron chi connectivity index (χ1n) is 11.9. The van der Waals surface area contributed by atoms with Crippen molar-refractivity contribution in [1.29, 1.82) is 0 Å². The highest BCUT2D eigenvalue weighted by atomic mass is 32.2. The lowest BCUT2D eigenvalue weighted by Crippen LogP contribution is -2.49. The second-order valence-electron chi connectivity index (χ2n) is 8.97. The van der Waals surface area contributed by atoms with Gasteiger partial charge in [-0.25, -0.2) is 0 Å². The molecule has 1 N–H and O–H groups in total. The summed E-state index contributed by atoms with van der Waals surface area (Å²) < 4.78 is 0. The van der Waals surface area contributed by atoms with E-state index in [9.17, 15) is 4.79 Å². The number of allylic oxidation sites excluding steroid dienone is 4. The molecular weight excluding hydrogens is 424 g/mol. The summed E-state index contributed by atoms with van der Waals surface area (Å²) in [6.07, 6.45) is 13.6. The van der Waals surface area contributed by atoms with Crippen LogP contribution in [-0.4, -0.2) is 23.6 Å². The molecule has 2 aromatic rings. The molecule has 1 atom stereocenters. The first kappa shape index (κ1) is 23.4. The Morgan fingerprint density at radius 1 is 1.12 bits per heavy atom. The minimum Gasteiger partial charge on any atom is -0.368 e. The van der Waals surface area contributed by atoms with Crippen molar-refractivity contribution in [3.63, 3.8) is 0 Å². The maximum absolute atomic E-state index is 12.6. The maximum atomic E-state index is 12.6. The lowest BCUT2D eigenvalue weighted by atomic mass is 9.70. The number of anilines is 1. The van der Waals surface area contributed by atoms with Crippen molar-refractivity contribution in [2.24, 2.45) is 5.92 Å². The van der Waals surface area contributed by atoms with Crippen LogP contribution in [0.5, 0.6) is 0 Å². The molecule has 172 valence electrons. The monoisotopic (exact) mass is 458 g/mol. The molecule has 0 aromatic heterocycles. The SMILES string of the molecule is C=C(C1C=CC=CC1)N(C)C1(c2ccc(NC(=O)Cc3ccc(SCC)cc3)cc2)CCC1. The summed E-state index contributed by atoms with van der Waals surface area (Å²) in [6.45, 7) is 6.59. The fourth-order valence-electron chi connectivity index (χ4n) is 4.81. The second kappa shape index (κ2) is 10.5. The quantitative estimate of drug-likeness (QED) is 0.413. The Hall–Kier alpha value is -2.72. The van der Waals surface area contributed by atoms with Crippen molar-refractivity contribution in [2.75, 3.05) is 18.1 Å². The van der Waals surface area contributed by atoms with Crippen molar-refractivity contribution in [3.05, 3.63) is 96.2 Å². The molecule has 4 rings (SSSR count). The third kappa shape index (κ3) is 5.27. The molecule has 1 fully saturated rings. The molecule has 2 aliphatic rings. The smallest absolute Gasteiger partial charge is 0.228 e. The zero-order valence-electron chi connectivity index (χ0n) is 19.7. The largest absolute Gasteiger partial charge is 0.368 e. The Bertz CT molecular complexity index is 1030. The topological polar surface area (TPSA) is 32.3 Å². The lowest BCUT2D eigenvalue weighted by molar-refractivity contribution is -0.115. The fourth-order valence-corrected chi connectivity index (χ4v) is 5.47. The van der Waals surface area contributed by atoms with E-state index in [0.29, 0.717) is 12.3 Å². The highest BCUT2D eigenvalue weighted by molar-refractivity contribution is 7.99. The number of rotatable bonds is 9. The van der Waals surface area contributed by atoms with E-state index in [1.165, 1.54) is 22.6 Å². The van der Waals surface area contributed by atoms with Crippen molar-refractivity contribution in [2.45, 2.75) is 49.5 Å². The molecule has 0 heterocycles. The van der Waals surface area contributed by atoms with E-state index in [0.717, 1.165) is 36.3 Å². The van der Waals surface area contributed by atoms with Crippen LogP contribution in [0.4, 0.5) is 5.69 Å². The van der Waals surface area contributed by atoms with Crippen LogP contribution in [0.3, 0.4) is 0 Å². The van der Waals surface area contributed by atoms with Gasteiger partial charge in [0.1, 0.15) is 0 Å². The predicted molar refractivity (Wildman–Crippen MR) is 140 cm³/mol. The Kier molecular flexibility index (Phi) is 7.44. The van der Waals surface area contributed by atoms with Gasteiger partial charge in [0.2, 0.25) is 5.91 Å². The summed E-state index contributed by atoms with van der Waals surface area (Å²) in [5.41, 5.74) is 4.36. The highest BCUT2D eigenvalue weighted by Crippen LogP contribution is 2.48. The van der Waals surface area contributed by atoms with Crippen molar-refractivity contribution >= 4 is 23.4 Å². The van der Waals surface area contributed by atoms with E-state index in [1.54, 1.807) is 0 Å². The fraction of sp³-hybridized carbons (Fsp3) is 0.345. The molecule has 0 spiro atoms. The Morgan fingerprint density at radius 3 is 2.42 bits per heavy atom. The van der Waals surface area contributed by atoms with E-state index in [4.69, 9.17) is 0 Å². The highest BCUT2D eigenvalue weighted by Gasteiger charge is 2.43. The summed E-state index contributed by atoms with van der Waals surface area (Å²) in [7, 11) is 2.19. The van der Waals surface area contributed by atoms with Gasteiger partial charge in [-0.2, -0.15) is 0 Å². The second-order valence-corrected chi connectivity index (χ2v) is 10.3. The Morgan fingerprint density at radius 2 is 1.85 bits per heavy atom. The summed E-state index contributed by atoms with van der Waals surface area (Å²) in [4.78, 5) is 16.2. The van der Waals surface area contributed by atoms with Gasteiger partial charge in [-0.15, -0.1) is 11.8 Å². The van der Waals surface area contributed by atoms with E-state index < -0.39 is 0 Å². The number of hydrogen-bond donors (Lipinski definition) is 1. The molecular formula is C29H34N2OS. The minimum atomic E-state index is 0.00682. The zero-order valence-corrected chi connectivity index (χ0v) is 20.5. The molecule has 0 radical (unpaired) electrons. The van der Waals surface area contributed by atoms with Gasteiger partial charge in [-0.3, -0.25) is 4.79 Å². The number of carbonyl (C=O) groups is 1. The summed E-state index contributed by atoms with van der Waals surface area (Å²) >= 11 is 1.81. The Balaban J connectivity index is 1.39. The van der Waals surface area contributed by atoms with Gasteiger partial charge < -0.3 is 10.2 Å². The van der Waals surface area contributed by atoms with Gasteiger partial charge in [0.05, 0.1) is 12.0 Å². The van der Waals surface area contributed by atoms with Crippen LogP contribution in [0, 0.1) is 5.92 Å². The van der Waals surface area contributed by atoms with E-state index in [2.05, 4.69) is 79.3 Å². The van der Waals surface area contributed by atoms with Crippen molar-refractivity contribution < 1.29 is 4.79 Å². The van der Waals surface area contributed by atoms with Crippen LogP contribution >= 0.6 is 11.8 Å². The number of amides is 1. The van der Waals surface area contributed by atoms with Gasteiger partial charge >= 0.3 is 0 Å². The Labute approximate surface area is 202 Å². The molecule has 1 amide bonds. The summed E-state index contributed by atoms with van der Waals surface area (Å²) in [5, 5.41) is 3.06. The molecule has 2 aromatic carbocycles. The number of benzene rings is 2. The average Bonchev–Trinajstić information content (AvgIpc) is 2.81. The zero-order chi connectivity index (χ0) is 23.3. The molecule has 1 saturated carbocycles. The average molecular weight is 459 g/mol. The van der Waals surface area contributed by atoms with Crippen molar-refractivity contribution in [3.8, 4) is 0 Å². The molecule has 0 aliphatic heterocycles. The molecule has 0 bridgehead atoms. The van der Waals surface area contributed by atoms with Crippen molar-refractivity contribution in [1.82, 2.24) is 4.90 Å². The maximum Gasteiger partial charge on any atom is 0.228 e. The van der Waals surface area contributed by atoms with Crippen LogP contribution in [0.1, 0.15) is 43.7 Å². The van der Waals surface area contributed by atoms with Gasteiger partial charge in [-0.05, 0) is 66.8 Å². The summed E-state index contributed by atoms with van der Waals surface area (Å²) in [6, 6.07) is 16.7. The lowest BCUT2D eigenvalue weighted by Gasteiger charge is -2.52. The first-order valence-corrected chi connectivity index (χ1v) is 12.9.